The topological polar surface area (TPSA) is 41.6 Å². The first-order valence-electron chi connectivity index (χ1n) is 9.05. The third-order valence-corrected chi connectivity index (χ3v) is 5.06. The Morgan fingerprint density at radius 2 is 1.03 bits per heavy atom. The lowest BCUT2D eigenvalue weighted by Crippen LogP contribution is -2.75. The van der Waals surface area contributed by atoms with Crippen LogP contribution in [-0.4, -0.2) is 97.0 Å². The summed E-state index contributed by atoms with van der Waals surface area (Å²) < 4.78 is 219. The van der Waals surface area contributed by atoms with Crippen LogP contribution in [0.2, 0.25) is 0 Å². The Bertz CT molecular complexity index is 795. The van der Waals surface area contributed by atoms with E-state index in [-0.39, 0.29) is 26.3 Å². The summed E-state index contributed by atoms with van der Waals surface area (Å²) in [5.41, 5.74) is 0. The third kappa shape index (κ3) is 4.88. The normalized spacial score (nSPS) is 18.4. The molecule has 0 saturated carbocycles. The largest absolute Gasteiger partial charge is 0.393 e. The molecule has 0 aromatic carbocycles. The van der Waals surface area contributed by atoms with Gasteiger partial charge in [0.15, 0.2) is 0 Å². The van der Waals surface area contributed by atoms with Gasteiger partial charge in [-0.25, -0.2) is 0 Å². The summed E-state index contributed by atoms with van der Waals surface area (Å²) in [6, 6.07) is 0. The highest BCUT2D eigenvalue weighted by Crippen LogP contribution is 2.64. The molecular weight excluding hydrogens is 580 g/mol. The zero-order valence-electron chi connectivity index (χ0n) is 16.9. The van der Waals surface area contributed by atoms with E-state index in [9.17, 15) is 75.0 Å². The molecule has 1 rings (SSSR count). The van der Waals surface area contributed by atoms with E-state index in [0.717, 1.165) is 5.32 Å². The number of nitrogens with zero attached hydrogens (tertiary/aromatic N) is 1. The van der Waals surface area contributed by atoms with Crippen molar-refractivity contribution in [2.24, 2.45) is 0 Å². The van der Waals surface area contributed by atoms with Gasteiger partial charge in [-0.2, -0.15) is 70.2 Å². The van der Waals surface area contributed by atoms with Crippen molar-refractivity contribution in [2.75, 3.05) is 39.4 Å². The van der Waals surface area contributed by atoms with E-state index in [0.29, 0.717) is 0 Å². The second-order valence-electron chi connectivity index (χ2n) is 7.23. The predicted octanol–water partition coefficient (Wildman–Crippen LogP) is 4.71. The van der Waals surface area contributed by atoms with E-state index >= 15 is 0 Å². The monoisotopic (exact) mass is 592 g/mol. The maximum atomic E-state index is 13.8. The first-order valence-corrected chi connectivity index (χ1v) is 9.42. The van der Waals surface area contributed by atoms with E-state index in [4.69, 9.17) is 4.74 Å². The van der Waals surface area contributed by atoms with Crippen molar-refractivity contribution in [3.05, 3.63) is 0 Å². The number of hydrogen-bond donors (Lipinski definition) is 1. The second kappa shape index (κ2) is 9.70. The van der Waals surface area contributed by atoms with Crippen LogP contribution in [0.5, 0.6) is 0 Å². The molecular formula is C15H13ClF16N2O2. The fourth-order valence-corrected chi connectivity index (χ4v) is 2.69. The molecule has 0 spiro atoms. The lowest BCUT2D eigenvalue weighted by Gasteiger charge is -2.42. The molecule has 0 unspecified atom stereocenters. The summed E-state index contributed by atoms with van der Waals surface area (Å²) in [5, 5.41) is -5.94. The van der Waals surface area contributed by atoms with Crippen molar-refractivity contribution in [2.45, 2.75) is 46.8 Å². The third-order valence-electron chi connectivity index (χ3n) is 4.82. The molecule has 0 radical (unpaired) electrons. The summed E-state index contributed by atoms with van der Waals surface area (Å²) >= 11 is 3.43. The van der Waals surface area contributed by atoms with Crippen LogP contribution in [0.1, 0.15) is 0 Å². The summed E-state index contributed by atoms with van der Waals surface area (Å²) in [5.74, 6) is -60.2. The number of rotatable bonds is 11. The number of carbonyl (C=O) groups excluding carboxylic acids is 1. The van der Waals surface area contributed by atoms with Gasteiger partial charge in [-0.05, 0) is 11.6 Å². The van der Waals surface area contributed by atoms with Gasteiger partial charge >= 0.3 is 46.8 Å². The van der Waals surface area contributed by atoms with E-state index in [2.05, 4.69) is 11.6 Å². The highest BCUT2D eigenvalue weighted by molar-refractivity contribution is 6.22. The van der Waals surface area contributed by atoms with Crippen molar-refractivity contribution in [1.82, 2.24) is 10.2 Å². The van der Waals surface area contributed by atoms with Crippen molar-refractivity contribution in [3.8, 4) is 0 Å². The van der Waals surface area contributed by atoms with E-state index in [1.54, 1.807) is 0 Å². The van der Waals surface area contributed by atoms with Gasteiger partial charge < -0.3 is 10.1 Å². The van der Waals surface area contributed by atoms with Crippen LogP contribution < -0.4 is 5.32 Å². The average Bonchev–Trinajstić information content (AvgIpc) is 2.72. The number of alkyl halides is 17. The molecule has 1 saturated heterocycles. The summed E-state index contributed by atoms with van der Waals surface area (Å²) in [6.45, 7) is -1.04. The standard InChI is InChI=1S/C15H13ClF16N2O2/c16-15(31,32)14(29,30)13(27,28)12(25,26)11(23,24)10(21,22)9(19,20)8(17,18)7(35)33-1-2-34-3-5-36-6-4-34/h1-6H2,(H,33,35). The Hall–Kier alpha value is -1.44. The van der Waals surface area contributed by atoms with Crippen LogP contribution in [0, 0.1) is 0 Å². The second-order valence-corrected chi connectivity index (χ2v) is 7.70. The smallest absolute Gasteiger partial charge is 0.379 e. The van der Waals surface area contributed by atoms with Gasteiger partial charge in [-0.15, -0.1) is 0 Å². The maximum absolute atomic E-state index is 13.8. The lowest BCUT2D eigenvalue weighted by atomic mass is 9.89. The number of halogens is 17. The number of hydrogen-bond acceptors (Lipinski definition) is 3. The molecule has 1 amide bonds. The van der Waals surface area contributed by atoms with E-state index < -0.39 is 65.8 Å². The minimum atomic E-state index is -8.60. The van der Waals surface area contributed by atoms with Gasteiger partial charge in [0.05, 0.1) is 13.2 Å². The minimum absolute atomic E-state index is 0.0943. The highest BCUT2D eigenvalue weighted by Gasteiger charge is 2.95. The van der Waals surface area contributed by atoms with Crippen LogP contribution in [-0.2, 0) is 9.53 Å². The lowest BCUT2D eigenvalue weighted by molar-refractivity contribution is -0.446. The number of morpholine rings is 1. The van der Waals surface area contributed by atoms with Gasteiger partial charge in [0.1, 0.15) is 0 Å². The predicted molar refractivity (Wildman–Crippen MR) is 85.7 cm³/mol. The Morgan fingerprint density at radius 3 is 1.42 bits per heavy atom. The fourth-order valence-electron chi connectivity index (χ4n) is 2.57. The average molecular weight is 593 g/mol. The molecule has 214 valence electrons. The zero-order chi connectivity index (χ0) is 28.8. The molecule has 1 fully saturated rings. The van der Waals surface area contributed by atoms with Crippen molar-refractivity contribution >= 4 is 17.5 Å². The first kappa shape index (κ1) is 32.6. The number of ether oxygens (including phenoxy) is 1. The van der Waals surface area contributed by atoms with Crippen LogP contribution in [0.25, 0.3) is 0 Å². The molecule has 0 bridgehead atoms. The summed E-state index contributed by atoms with van der Waals surface area (Å²) in [4.78, 5) is 12.7. The van der Waals surface area contributed by atoms with Gasteiger partial charge in [-0.1, -0.05) is 0 Å². The summed E-state index contributed by atoms with van der Waals surface area (Å²) in [7, 11) is 0. The van der Waals surface area contributed by atoms with Crippen LogP contribution in [0.15, 0.2) is 0 Å². The Morgan fingerprint density at radius 1 is 0.667 bits per heavy atom. The Balaban J connectivity index is 3.30. The molecule has 0 aliphatic carbocycles. The zero-order valence-corrected chi connectivity index (χ0v) is 17.7. The molecule has 1 aliphatic rings. The van der Waals surface area contributed by atoms with Crippen LogP contribution >= 0.6 is 11.6 Å². The number of amides is 1. The molecule has 1 heterocycles. The van der Waals surface area contributed by atoms with E-state index in [1.165, 1.54) is 4.90 Å². The molecule has 0 aromatic rings. The Labute approximate surface area is 194 Å². The SMILES string of the molecule is O=C(NCCN1CCOCC1)C(F)(F)C(F)(F)C(F)(F)C(F)(F)C(F)(F)C(F)(F)C(F)(F)C(F)(F)Cl. The van der Waals surface area contributed by atoms with Gasteiger partial charge in [-0.3, -0.25) is 9.69 Å². The Kier molecular flexibility index (Phi) is 8.78. The number of carbonyl (C=O) groups is 1. The van der Waals surface area contributed by atoms with Crippen LogP contribution in [0.4, 0.5) is 70.2 Å². The fraction of sp³-hybridized carbons (Fsp3) is 0.933. The van der Waals surface area contributed by atoms with E-state index in [1.807, 2.05) is 0 Å². The molecule has 0 atom stereocenters. The summed E-state index contributed by atoms with van der Waals surface area (Å²) in [6.07, 6.45) is 0. The maximum Gasteiger partial charge on any atom is 0.393 e. The van der Waals surface area contributed by atoms with Crippen molar-refractivity contribution in [3.63, 3.8) is 0 Å². The van der Waals surface area contributed by atoms with Crippen molar-refractivity contribution < 1.29 is 79.8 Å². The number of nitrogens with one attached hydrogen (secondary N) is 1. The molecule has 1 N–H and O–H groups in total. The molecule has 4 nitrogen and oxygen atoms in total. The van der Waals surface area contributed by atoms with Crippen molar-refractivity contribution in [1.29, 1.82) is 0 Å². The molecule has 36 heavy (non-hydrogen) atoms. The first-order chi connectivity index (χ1) is 15.7. The molecule has 0 aromatic heterocycles. The molecule has 21 heteroatoms. The molecule has 1 aliphatic heterocycles. The van der Waals surface area contributed by atoms with Gasteiger partial charge in [0.25, 0.3) is 5.91 Å². The quantitative estimate of drug-likeness (QED) is 0.279. The highest BCUT2D eigenvalue weighted by atomic mass is 35.5. The minimum Gasteiger partial charge on any atom is -0.379 e. The van der Waals surface area contributed by atoms with Gasteiger partial charge in [0.2, 0.25) is 0 Å². The van der Waals surface area contributed by atoms with Gasteiger partial charge in [0, 0.05) is 26.2 Å². The van der Waals surface area contributed by atoms with Crippen LogP contribution in [0.3, 0.4) is 0 Å².